The summed E-state index contributed by atoms with van der Waals surface area (Å²) in [5.41, 5.74) is 0.928. The summed E-state index contributed by atoms with van der Waals surface area (Å²) in [6.07, 6.45) is 3.75. The molecule has 16 heavy (non-hydrogen) atoms. The summed E-state index contributed by atoms with van der Waals surface area (Å²) in [6, 6.07) is 0. The van der Waals surface area contributed by atoms with E-state index in [2.05, 4.69) is 9.97 Å². The van der Waals surface area contributed by atoms with Gasteiger partial charge in [-0.2, -0.15) is 0 Å². The molecule has 0 atom stereocenters. The third-order valence-electron chi connectivity index (χ3n) is 2.07. The van der Waals surface area contributed by atoms with E-state index in [1.54, 1.807) is 12.4 Å². The highest BCUT2D eigenvalue weighted by Crippen LogP contribution is 2.06. The molecule has 0 spiro atoms. The fraction of sp³-hybridized carbons (Fsp3) is 0.636. The molecular weight excluding hydrogens is 226 g/mol. The lowest BCUT2D eigenvalue weighted by atomic mass is 10.4. The van der Waals surface area contributed by atoms with Gasteiger partial charge in [-0.25, -0.2) is 9.97 Å². The van der Waals surface area contributed by atoms with Gasteiger partial charge in [-0.05, 0) is 13.8 Å². The van der Waals surface area contributed by atoms with E-state index in [9.17, 15) is 0 Å². The molecule has 0 fully saturated rings. The number of ether oxygens (including phenoxy) is 1. The van der Waals surface area contributed by atoms with E-state index in [1.807, 2.05) is 25.8 Å². The minimum Gasteiger partial charge on any atom is -0.377 e. The number of alkyl halides is 1. The monoisotopic (exact) mass is 243 g/mol. The van der Waals surface area contributed by atoms with Gasteiger partial charge in [0.15, 0.2) is 0 Å². The fourth-order valence-corrected chi connectivity index (χ4v) is 1.28. The first kappa shape index (κ1) is 13.2. The molecule has 0 saturated carbocycles. The first-order valence-electron chi connectivity index (χ1n) is 5.33. The van der Waals surface area contributed by atoms with Crippen LogP contribution in [0.15, 0.2) is 12.4 Å². The summed E-state index contributed by atoms with van der Waals surface area (Å²) in [6.45, 7) is 5.49. The second-order valence-electron chi connectivity index (χ2n) is 3.87. The van der Waals surface area contributed by atoms with Crippen molar-refractivity contribution >= 4 is 17.5 Å². The number of halogens is 1. The third-order valence-corrected chi connectivity index (χ3v) is 2.37. The first-order chi connectivity index (χ1) is 7.63. The molecule has 0 saturated heterocycles. The molecular formula is C11H18ClN3O. The zero-order valence-electron chi connectivity index (χ0n) is 9.98. The predicted molar refractivity (Wildman–Crippen MR) is 65.9 cm³/mol. The molecule has 0 aliphatic carbocycles. The Labute approximate surface area is 102 Å². The fourth-order valence-electron chi connectivity index (χ4n) is 1.14. The summed E-state index contributed by atoms with van der Waals surface area (Å²) in [5, 5.41) is 0. The molecule has 1 rings (SSSR count). The minimum atomic E-state index is 0.257. The molecule has 1 aromatic heterocycles. The average Bonchev–Trinajstić information content (AvgIpc) is 2.28. The van der Waals surface area contributed by atoms with Crippen molar-refractivity contribution in [2.75, 3.05) is 25.1 Å². The predicted octanol–water partition coefficient (Wildman–Crippen LogP) is 2.08. The Balaban J connectivity index is 2.43. The molecule has 0 amide bonds. The number of aromatic nitrogens is 2. The van der Waals surface area contributed by atoms with Crippen molar-refractivity contribution in [1.82, 2.24) is 9.97 Å². The number of hydrogen-bond acceptors (Lipinski definition) is 4. The Morgan fingerprint density at radius 1 is 1.38 bits per heavy atom. The lowest BCUT2D eigenvalue weighted by Crippen LogP contribution is -2.25. The van der Waals surface area contributed by atoms with Gasteiger partial charge >= 0.3 is 0 Å². The van der Waals surface area contributed by atoms with Crippen molar-refractivity contribution in [3.8, 4) is 0 Å². The Hall–Kier alpha value is -0.870. The zero-order valence-corrected chi connectivity index (χ0v) is 10.7. The maximum absolute atomic E-state index is 5.66. The number of rotatable bonds is 6. The largest absolute Gasteiger partial charge is 0.377 e. The van der Waals surface area contributed by atoms with Crippen molar-refractivity contribution in [2.24, 2.45) is 0 Å². The van der Waals surface area contributed by atoms with E-state index in [4.69, 9.17) is 16.3 Å². The Morgan fingerprint density at radius 3 is 2.50 bits per heavy atom. The highest BCUT2D eigenvalue weighted by atomic mass is 35.5. The van der Waals surface area contributed by atoms with Crippen LogP contribution in [0, 0.1) is 0 Å². The van der Waals surface area contributed by atoms with E-state index in [1.165, 1.54) is 0 Å². The first-order valence-corrected chi connectivity index (χ1v) is 5.86. The Kier molecular flexibility index (Phi) is 5.49. The number of hydrogen-bond donors (Lipinski definition) is 0. The Morgan fingerprint density at radius 2 is 2.00 bits per heavy atom. The molecule has 1 aromatic rings. The van der Waals surface area contributed by atoms with Gasteiger partial charge in [-0.15, -0.1) is 11.6 Å². The summed E-state index contributed by atoms with van der Waals surface area (Å²) in [5.74, 6) is 1.14. The lowest BCUT2D eigenvalue weighted by Gasteiger charge is -2.17. The van der Waals surface area contributed by atoms with Gasteiger partial charge in [0.05, 0.1) is 18.6 Å². The van der Waals surface area contributed by atoms with E-state index in [0.717, 1.165) is 12.1 Å². The smallest absolute Gasteiger partial charge is 0.225 e. The van der Waals surface area contributed by atoms with Crippen molar-refractivity contribution in [1.29, 1.82) is 0 Å². The highest BCUT2D eigenvalue weighted by Gasteiger charge is 2.04. The zero-order chi connectivity index (χ0) is 12.0. The number of likely N-dealkylation sites (N-methyl/N-ethyl adjacent to an activating group) is 1. The normalized spacial score (nSPS) is 10.8. The van der Waals surface area contributed by atoms with E-state index >= 15 is 0 Å². The topological polar surface area (TPSA) is 38.2 Å². The van der Waals surface area contributed by atoms with Gasteiger partial charge in [0.25, 0.3) is 0 Å². The van der Waals surface area contributed by atoms with Crippen LogP contribution in [0.4, 0.5) is 5.95 Å². The van der Waals surface area contributed by atoms with Crippen LogP contribution in [0.25, 0.3) is 0 Å². The van der Waals surface area contributed by atoms with Crippen LogP contribution >= 0.6 is 11.6 Å². The van der Waals surface area contributed by atoms with Crippen LogP contribution in [0.3, 0.4) is 0 Å². The molecule has 0 aromatic carbocycles. The van der Waals surface area contributed by atoms with Gasteiger partial charge in [-0.3, -0.25) is 0 Å². The van der Waals surface area contributed by atoms with Gasteiger partial charge in [0, 0.05) is 31.5 Å². The summed E-state index contributed by atoms with van der Waals surface area (Å²) >= 11 is 5.66. The minimum absolute atomic E-state index is 0.257. The van der Waals surface area contributed by atoms with Crippen LogP contribution in [-0.2, 0) is 10.6 Å². The quantitative estimate of drug-likeness (QED) is 0.717. The maximum atomic E-state index is 5.66. The summed E-state index contributed by atoms with van der Waals surface area (Å²) in [7, 11) is 1.94. The molecule has 0 aliphatic rings. The Bertz CT molecular complexity index is 303. The molecule has 4 nitrogen and oxygen atoms in total. The van der Waals surface area contributed by atoms with Crippen LogP contribution < -0.4 is 4.90 Å². The average molecular weight is 244 g/mol. The second kappa shape index (κ2) is 6.66. The summed E-state index contributed by atoms with van der Waals surface area (Å²) in [4.78, 5) is 10.4. The molecule has 1 heterocycles. The maximum Gasteiger partial charge on any atom is 0.225 e. The standard InChI is InChI=1S/C11H18ClN3O/c1-9(2)16-5-4-15(3)11-13-7-10(6-12)8-14-11/h7-9H,4-6H2,1-3H3. The van der Waals surface area contributed by atoms with E-state index in [-0.39, 0.29) is 6.10 Å². The second-order valence-corrected chi connectivity index (χ2v) is 4.13. The van der Waals surface area contributed by atoms with E-state index < -0.39 is 0 Å². The number of nitrogens with zero attached hydrogens (tertiary/aromatic N) is 3. The molecule has 0 aliphatic heterocycles. The van der Waals surface area contributed by atoms with Crippen molar-refractivity contribution in [3.05, 3.63) is 18.0 Å². The molecule has 0 N–H and O–H groups in total. The number of anilines is 1. The molecule has 0 unspecified atom stereocenters. The lowest BCUT2D eigenvalue weighted by molar-refractivity contribution is 0.0844. The van der Waals surface area contributed by atoms with Gasteiger partial charge in [-0.1, -0.05) is 0 Å². The third kappa shape index (κ3) is 4.33. The van der Waals surface area contributed by atoms with Gasteiger partial charge < -0.3 is 9.64 Å². The molecule has 5 heteroatoms. The van der Waals surface area contributed by atoms with Gasteiger partial charge in [0.1, 0.15) is 0 Å². The van der Waals surface area contributed by atoms with Crippen molar-refractivity contribution in [3.63, 3.8) is 0 Å². The summed E-state index contributed by atoms with van der Waals surface area (Å²) < 4.78 is 5.46. The van der Waals surface area contributed by atoms with Crippen molar-refractivity contribution in [2.45, 2.75) is 25.8 Å². The highest BCUT2D eigenvalue weighted by molar-refractivity contribution is 6.17. The van der Waals surface area contributed by atoms with E-state index in [0.29, 0.717) is 18.4 Å². The van der Waals surface area contributed by atoms with Crippen LogP contribution in [0.1, 0.15) is 19.4 Å². The SMILES string of the molecule is CC(C)OCCN(C)c1ncc(CCl)cn1. The molecule has 0 bridgehead atoms. The molecule has 0 radical (unpaired) electrons. The van der Waals surface area contributed by atoms with Gasteiger partial charge in [0.2, 0.25) is 5.95 Å². The van der Waals surface area contributed by atoms with Crippen molar-refractivity contribution < 1.29 is 4.74 Å². The van der Waals surface area contributed by atoms with Crippen LogP contribution in [-0.4, -0.2) is 36.3 Å². The molecule has 90 valence electrons. The van der Waals surface area contributed by atoms with Crippen LogP contribution in [0.5, 0.6) is 0 Å². The van der Waals surface area contributed by atoms with Crippen LogP contribution in [0.2, 0.25) is 0 Å².